The van der Waals surface area contributed by atoms with Gasteiger partial charge in [0.1, 0.15) is 5.82 Å². The Morgan fingerprint density at radius 2 is 1.71 bits per heavy atom. The molecule has 1 heterocycles. The van der Waals surface area contributed by atoms with Gasteiger partial charge in [-0.3, -0.25) is 4.79 Å². The van der Waals surface area contributed by atoms with E-state index in [1.165, 1.54) is 0 Å². The maximum absolute atomic E-state index is 12.6. The Bertz CT molecular complexity index is 1060. The van der Waals surface area contributed by atoms with Crippen LogP contribution in [0.1, 0.15) is 52.2 Å². The van der Waals surface area contributed by atoms with Gasteiger partial charge in [0.25, 0.3) is 0 Å². The van der Waals surface area contributed by atoms with Gasteiger partial charge in [-0.15, -0.1) is 0 Å². The largest absolute Gasteiger partial charge is 0.369 e. The summed E-state index contributed by atoms with van der Waals surface area (Å²) in [5.41, 5.74) is 3.50. The SMILES string of the molecule is CC.CC.Cc1cnc(Nc2cccc(NC(=O)C(C)Cc3ccccc3)c2)nc1NCCC#N. The van der Waals surface area contributed by atoms with Crippen LogP contribution in [0.25, 0.3) is 0 Å². The molecule has 1 amide bonds. The molecule has 7 heteroatoms. The van der Waals surface area contributed by atoms with E-state index in [0.29, 0.717) is 36.8 Å². The Hall–Kier alpha value is -3.92. The molecule has 0 aliphatic rings. The van der Waals surface area contributed by atoms with Gasteiger partial charge in [0.05, 0.1) is 12.5 Å². The van der Waals surface area contributed by atoms with Crippen LogP contribution in [0.5, 0.6) is 0 Å². The van der Waals surface area contributed by atoms with E-state index in [4.69, 9.17) is 5.26 Å². The van der Waals surface area contributed by atoms with Crippen LogP contribution in [0.2, 0.25) is 0 Å². The lowest BCUT2D eigenvalue weighted by Crippen LogP contribution is -2.22. The molecule has 35 heavy (non-hydrogen) atoms. The number of carbonyl (C=O) groups is 1. The van der Waals surface area contributed by atoms with Crippen molar-refractivity contribution in [1.82, 2.24) is 9.97 Å². The Labute approximate surface area is 210 Å². The van der Waals surface area contributed by atoms with Crippen LogP contribution < -0.4 is 16.0 Å². The van der Waals surface area contributed by atoms with Crippen molar-refractivity contribution in [2.24, 2.45) is 5.92 Å². The van der Waals surface area contributed by atoms with Crippen molar-refractivity contribution in [3.05, 3.63) is 71.9 Å². The molecule has 0 bridgehead atoms. The molecule has 0 fully saturated rings. The smallest absolute Gasteiger partial charge is 0.229 e. The molecule has 2 aromatic carbocycles. The highest BCUT2D eigenvalue weighted by Gasteiger charge is 2.14. The highest BCUT2D eigenvalue weighted by molar-refractivity contribution is 5.93. The first-order valence-electron chi connectivity index (χ1n) is 12.2. The number of aryl methyl sites for hydroxylation is 1. The van der Waals surface area contributed by atoms with Crippen molar-refractivity contribution in [2.45, 2.75) is 54.4 Å². The Morgan fingerprint density at radius 3 is 2.40 bits per heavy atom. The van der Waals surface area contributed by atoms with E-state index in [-0.39, 0.29) is 11.8 Å². The van der Waals surface area contributed by atoms with Gasteiger partial charge in [0, 0.05) is 35.6 Å². The lowest BCUT2D eigenvalue weighted by Gasteiger charge is -2.14. The van der Waals surface area contributed by atoms with Crippen LogP contribution in [0.3, 0.4) is 0 Å². The van der Waals surface area contributed by atoms with Crippen LogP contribution in [0, 0.1) is 24.2 Å². The molecule has 3 rings (SSSR count). The summed E-state index contributed by atoms with van der Waals surface area (Å²) in [5, 5.41) is 18.0. The van der Waals surface area contributed by atoms with E-state index in [0.717, 1.165) is 16.8 Å². The van der Waals surface area contributed by atoms with Gasteiger partial charge in [-0.1, -0.05) is 71.0 Å². The number of hydrogen-bond donors (Lipinski definition) is 3. The average Bonchev–Trinajstić information content (AvgIpc) is 2.89. The molecule has 1 atom stereocenters. The topological polar surface area (TPSA) is 103 Å². The van der Waals surface area contributed by atoms with E-state index in [1.807, 2.05) is 96.1 Å². The summed E-state index contributed by atoms with van der Waals surface area (Å²) in [6, 6.07) is 19.5. The highest BCUT2D eigenvalue weighted by Crippen LogP contribution is 2.21. The number of nitriles is 1. The van der Waals surface area contributed by atoms with Gasteiger partial charge in [0.15, 0.2) is 0 Å². The number of anilines is 4. The van der Waals surface area contributed by atoms with Gasteiger partial charge in [0.2, 0.25) is 11.9 Å². The summed E-state index contributed by atoms with van der Waals surface area (Å²) < 4.78 is 0. The van der Waals surface area contributed by atoms with Gasteiger partial charge in [-0.25, -0.2) is 4.98 Å². The number of hydrogen-bond acceptors (Lipinski definition) is 6. The lowest BCUT2D eigenvalue weighted by atomic mass is 10.0. The minimum Gasteiger partial charge on any atom is -0.369 e. The zero-order valence-corrected chi connectivity index (χ0v) is 21.7. The van der Waals surface area contributed by atoms with E-state index in [1.54, 1.807) is 6.20 Å². The van der Waals surface area contributed by atoms with Gasteiger partial charge in [-0.05, 0) is 37.1 Å². The third-order valence-corrected chi connectivity index (χ3v) is 4.72. The summed E-state index contributed by atoms with van der Waals surface area (Å²) >= 11 is 0. The van der Waals surface area contributed by atoms with Crippen molar-refractivity contribution in [3.8, 4) is 6.07 Å². The molecule has 0 saturated heterocycles. The first-order valence-corrected chi connectivity index (χ1v) is 12.2. The molecule has 1 unspecified atom stereocenters. The first-order chi connectivity index (χ1) is 17.0. The second-order valence-corrected chi connectivity index (χ2v) is 7.35. The fraction of sp³-hybridized carbons (Fsp3) is 0.357. The van der Waals surface area contributed by atoms with Crippen molar-refractivity contribution in [3.63, 3.8) is 0 Å². The maximum Gasteiger partial charge on any atom is 0.229 e. The molecule has 0 saturated carbocycles. The van der Waals surface area contributed by atoms with E-state index in [2.05, 4.69) is 32.0 Å². The fourth-order valence-corrected chi connectivity index (χ4v) is 3.05. The van der Waals surface area contributed by atoms with Crippen molar-refractivity contribution in [2.75, 3.05) is 22.5 Å². The van der Waals surface area contributed by atoms with Crippen molar-refractivity contribution < 1.29 is 4.79 Å². The second-order valence-electron chi connectivity index (χ2n) is 7.35. The standard InChI is InChI=1S/C24H26N6O.2C2H6/c1-17(14-19-8-4-3-5-9-19)23(31)28-20-10-6-11-21(15-20)29-24-27-16-18(2)22(30-24)26-13-7-12-25;2*1-2/h3-6,8-11,15-17H,7,13-14H2,1-2H3,(H,28,31)(H2,26,27,29,30);2*1-2H3. The molecular formula is C28H38N6O. The van der Waals surface area contributed by atoms with E-state index in [9.17, 15) is 4.79 Å². The quantitative estimate of drug-likeness (QED) is 0.297. The summed E-state index contributed by atoms with van der Waals surface area (Å²) in [6.07, 6.45) is 2.81. The summed E-state index contributed by atoms with van der Waals surface area (Å²) in [7, 11) is 0. The van der Waals surface area contributed by atoms with E-state index < -0.39 is 0 Å². The molecular weight excluding hydrogens is 436 g/mol. The monoisotopic (exact) mass is 474 g/mol. The van der Waals surface area contributed by atoms with Crippen LogP contribution in [-0.4, -0.2) is 22.4 Å². The highest BCUT2D eigenvalue weighted by atomic mass is 16.1. The van der Waals surface area contributed by atoms with Crippen molar-refractivity contribution >= 4 is 29.0 Å². The zero-order valence-electron chi connectivity index (χ0n) is 21.7. The van der Waals surface area contributed by atoms with Crippen LogP contribution >= 0.6 is 0 Å². The Kier molecular flexibility index (Phi) is 13.9. The molecule has 0 radical (unpaired) electrons. The summed E-state index contributed by atoms with van der Waals surface area (Å²) in [6.45, 7) is 12.4. The molecule has 7 nitrogen and oxygen atoms in total. The summed E-state index contributed by atoms with van der Waals surface area (Å²) in [5.74, 6) is 0.941. The third kappa shape index (κ3) is 10.3. The number of carbonyl (C=O) groups excluding carboxylic acids is 1. The molecule has 1 aromatic heterocycles. The minimum absolute atomic E-state index is 0.0310. The fourth-order valence-electron chi connectivity index (χ4n) is 3.05. The maximum atomic E-state index is 12.6. The number of nitrogens with zero attached hydrogens (tertiary/aromatic N) is 3. The minimum atomic E-state index is -0.151. The number of amides is 1. The molecule has 0 aliphatic heterocycles. The molecule has 186 valence electrons. The Balaban J connectivity index is 0.00000145. The molecule has 3 aromatic rings. The average molecular weight is 475 g/mol. The second kappa shape index (κ2) is 16.7. The normalized spacial score (nSPS) is 10.3. The van der Waals surface area contributed by atoms with Gasteiger partial charge in [-0.2, -0.15) is 10.2 Å². The van der Waals surface area contributed by atoms with Crippen LogP contribution in [0.4, 0.5) is 23.1 Å². The van der Waals surface area contributed by atoms with Crippen LogP contribution in [0.15, 0.2) is 60.8 Å². The van der Waals surface area contributed by atoms with Crippen LogP contribution in [-0.2, 0) is 11.2 Å². The predicted octanol–water partition coefficient (Wildman–Crippen LogP) is 6.72. The number of aromatic nitrogens is 2. The predicted molar refractivity (Wildman–Crippen MR) is 146 cm³/mol. The third-order valence-electron chi connectivity index (χ3n) is 4.72. The lowest BCUT2D eigenvalue weighted by molar-refractivity contribution is -0.119. The van der Waals surface area contributed by atoms with Gasteiger partial charge >= 0.3 is 0 Å². The molecule has 3 N–H and O–H groups in total. The van der Waals surface area contributed by atoms with E-state index >= 15 is 0 Å². The molecule has 0 aliphatic carbocycles. The first kappa shape index (κ1) is 29.1. The van der Waals surface area contributed by atoms with Crippen molar-refractivity contribution in [1.29, 1.82) is 5.26 Å². The number of benzene rings is 2. The number of rotatable bonds is 9. The van der Waals surface area contributed by atoms with Gasteiger partial charge < -0.3 is 16.0 Å². The zero-order chi connectivity index (χ0) is 26.1. The summed E-state index contributed by atoms with van der Waals surface area (Å²) in [4.78, 5) is 21.4. The Morgan fingerprint density at radius 1 is 1.03 bits per heavy atom. The number of nitrogens with one attached hydrogen (secondary N) is 3. The molecule has 0 spiro atoms.